The summed E-state index contributed by atoms with van der Waals surface area (Å²) in [6, 6.07) is 9.29. The third-order valence-corrected chi connectivity index (χ3v) is 3.07. The Morgan fingerprint density at radius 2 is 1.67 bits per heavy atom. The molecule has 102 valence electrons. The summed E-state index contributed by atoms with van der Waals surface area (Å²) in [7, 11) is 4.23. The lowest BCUT2D eigenvalue weighted by Crippen LogP contribution is -2.27. The zero-order chi connectivity index (χ0) is 13.5. The summed E-state index contributed by atoms with van der Waals surface area (Å²) in [5, 5.41) is 3.63. The highest BCUT2D eigenvalue weighted by Crippen LogP contribution is 2.11. The average molecular weight is 248 g/mol. The zero-order valence-corrected chi connectivity index (χ0v) is 12.5. The number of nitrogens with one attached hydrogen (secondary N) is 1. The summed E-state index contributed by atoms with van der Waals surface area (Å²) in [5.74, 6) is 0.754. The number of hydrogen-bond donors (Lipinski definition) is 1. The molecule has 0 saturated carbocycles. The van der Waals surface area contributed by atoms with Crippen molar-refractivity contribution in [1.82, 2.24) is 10.2 Å². The van der Waals surface area contributed by atoms with Crippen molar-refractivity contribution in [3.63, 3.8) is 0 Å². The lowest BCUT2D eigenvalue weighted by Gasteiger charge is -2.18. The van der Waals surface area contributed by atoms with Gasteiger partial charge in [0, 0.05) is 19.1 Å². The second-order valence-electron chi connectivity index (χ2n) is 5.92. The van der Waals surface area contributed by atoms with E-state index < -0.39 is 0 Å². The molecule has 2 nitrogen and oxygen atoms in total. The van der Waals surface area contributed by atoms with Crippen LogP contribution in [0.25, 0.3) is 0 Å². The van der Waals surface area contributed by atoms with Crippen molar-refractivity contribution in [2.45, 2.75) is 46.3 Å². The van der Waals surface area contributed by atoms with Gasteiger partial charge in [-0.1, -0.05) is 38.1 Å². The van der Waals surface area contributed by atoms with Gasteiger partial charge >= 0.3 is 0 Å². The van der Waals surface area contributed by atoms with E-state index in [0.29, 0.717) is 6.04 Å². The first-order valence-corrected chi connectivity index (χ1v) is 6.94. The van der Waals surface area contributed by atoms with Crippen LogP contribution in [0.3, 0.4) is 0 Å². The molecule has 1 unspecified atom stereocenters. The highest BCUT2D eigenvalue weighted by molar-refractivity contribution is 5.26. The first-order valence-electron chi connectivity index (χ1n) is 6.94. The molecule has 0 spiro atoms. The van der Waals surface area contributed by atoms with E-state index >= 15 is 0 Å². The molecule has 0 radical (unpaired) electrons. The molecule has 1 aromatic carbocycles. The Morgan fingerprint density at radius 3 is 2.22 bits per heavy atom. The van der Waals surface area contributed by atoms with Gasteiger partial charge in [-0.2, -0.15) is 0 Å². The number of rotatable bonds is 7. The van der Waals surface area contributed by atoms with E-state index in [4.69, 9.17) is 0 Å². The minimum Gasteiger partial charge on any atom is -0.310 e. The van der Waals surface area contributed by atoms with Gasteiger partial charge < -0.3 is 10.2 Å². The molecule has 0 fully saturated rings. The van der Waals surface area contributed by atoms with Crippen LogP contribution in [0.4, 0.5) is 0 Å². The molecule has 0 aliphatic heterocycles. The zero-order valence-electron chi connectivity index (χ0n) is 12.5. The summed E-state index contributed by atoms with van der Waals surface area (Å²) >= 11 is 0. The van der Waals surface area contributed by atoms with Crippen molar-refractivity contribution in [3.05, 3.63) is 35.4 Å². The van der Waals surface area contributed by atoms with Crippen LogP contribution in [0.15, 0.2) is 24.3 Å². The van der Waals surface area contributed by atoms with Crippen LogP contribution in [0.1, 0.15) is 38.3 Å². The van der Waals surface area contributed by atoms with Gasteiger partial charge in [-0.15, -0.1) is 0 Å². The van der Waals surface area contributed by atoms with Crippen LogP contribution >= 0.6 is 0 Å². The Labute approximate surface area is 112 Å². The predicted octanol–water partition coefficient (Wildman–Crippen LogP) is 3.27. The Balaban J connectivity index is 2.55. The fourth-order valence-corrected chi connectivity index (χ4v) is 2.30. The molecule has 0 amide bonds. The maximum absolute atomic E-state index is 3.63. The topological polar surface area (TPSA) is 15.3 Å². The minimum absolute atomic E-state index is 0.581. The molecule has 1 rings (SSSR count). The van der Waals surface area contributed by atoms with E-state index in [2.05, 4.69) is 69.3 Å². The van der Waals surface area contributed by atoms with Gasteiger partial charge in [0.2, 0.25) is 0 Å². The number of hydrogen-bond acceptors (Lipinski definition) is 2. The summed E-state index contributed by atoms with van der Waals surface area (Å²) in [5.41, 5.74) is 2.84. The van der Waals surface area contributed by atoms with Crippen molar-refractivity contribution in [1.29, 1.82) is 0 Å². The largest absolute Gasteiger partial charge is 0.310 e. The molecule has 0 bridgehead atoms. The standard InChI is InChI=1S/C16H28N2/c1-13(2)10-14(3)17-11-15-8-6-7-9-16(15)12-18(4)5/h6-9,13-14,17H,10-12H2,1-5H3. The molecule has 18 heavy (non-hydrogen) atoms. The van der Waals surface area contributed by atoms with Crippen LogP contribution in [0.5, 0.6) is 0 Å². The first kappa shape index (κ1) is 15.2. The van der Waals surface area contributed by atoms with Crippen molar-refractivity contribution in [2.24, 2.45) is 5.92 Å². The lowest BCUT2D eigenvalue weighted by molar-refractivity contribution is 0.398. The van der Waals surface area contributed by atoms with Crippen LogP contribution in [0.2, 0.25) is 0 Å². The third kappa shape index (κ3) is 5.65. The van der Waals surface area contributed by atoms with Gasteiger partial charge in [0.15, 0.2) is 0 Å². The van der Waals surface area contributed by atoms with Crippen molar-refractivity contribution < 1.29 is 0 Å². The SMILES string of the molecule is CC(C)CC(C)NCc1ccccc1CN(C)C. The van der Waals surface area contributed by atoms with Crippen LogP contribution in [-0.2, 0) is 13.1 Å². The summed E-state index contributed by atoms with van der Waals surface area (Å²) < 4.78 is 0. The van der Waals surface area contributed by atoms with Gasteiger partial charge in [0.05, 0.1) is 0 Å². The van der Waals surface area contributed by atoms with Crippen molar-refractivity contribution in [3.8, 4) is 0 Å². The van der Waals surface area contributed by atoms with E-state index in [9.17, 15) is 0 Å². The Hall–Kier alpha value is -0.860. The summed E-state index contributed by atoms with van der Waals surface area (Å²) in [6.07, 6.45) is 1.23. The molecule has 0 saturated heterocycles. The molecule has 1 atom stereocenters. The van der Waals surface area contributed by atoms with E-state index in [1.165, 1.54) is 17.5 Å². The molecule has 0 aromatic heterocycles. The fourth-order valence-electron chi connectivity index (χ4n) is 2.30. The fraction of sp³-hybridized carbons (Fsp3) is 0.625. The van der Waals surface area contributed by atoms with E-state index in [0.717, 1.165) is 19.0 Å². The van der Waals surface area contributed by atoms with Gasteiger partial charge in [0.1, 0.15) is 0 Å². The molecule has 2 heteroatoms. The molecule has 0 heterocycles. The molecule has 1 N–H and O–H groups in total. The first-order chi connectivity index (χ1) is 8.49. The Morgan fingerprint density at radius 1 is 1.06 bits per heavy atom. The van der Waals surface area contributed by atoms with Gasteiger partial charge in [0.25, 0.3) is 0 Å². The van der Waals surface area contributed by atoms with Crippen LogP contribution in [0, 0.1) is 5.92 Å². The lowest BCUT2D eigenvalue weighted by atomic mass is 10.0. The van der Waals surface area contributed by atoms with Crippen molar-refractivity contribution in [2.75, 3.05) is 14.1 Å². The molecular formula is C16H28N2. The average Bonchev–Trinajstić information content (AvgIpc) is 2.26. The van der Waals surface area contributed by atoms with E-state index in [1.807, 2.05) is 0 Å². The predicted molar refractivity (Wildman–Crippen MR) is 79.6 cm³/mol. The summed E-state index contributed by atoms with van der Waals surface area (Å²) in [4.78, 5) is 2.22. The highest BCUT2D eigenvalue weighted by atomic mass is 15.0. The van der Waals surface area contributed by atoms with Gasteiger partial charge in [-0.3, -0.25) is 0 Å². The maximum Gasteiger partial charge on any atom is 0.0230 e. The number of nitrogens with zero attached hydrogens (tertiary/aromatic N) is 1. The highest BCUT2D eigenvalue weighted by Gasteiger charge is 2.07. The van der Waals surface area contributed by atoms with Crippen LogP contribution in [-0.4, -0.2) is 25.0 Å². The minimum atomic E-state index is 0.581. The van der Waals surface area contributed by atoms with E-state index in [-0.39, 0.29) is 0 Å². The quantitative estimate of drug-likeness (QED) is 0.796. The third-order valence-electron chi connectivity index (χ3n) is 3.07. The monoisotopic (exact) mass is 248 g/mol. The number of benzene rings is 1. The molecule has 0 aliphatic rings. The smallest absolute Gasteiger partial charge is 0.0230 e. The molecule has 0 aliphatic carbocycles. The van der Waals surface area contributed by atoms with Crippen LogP contribution < -0.4 is 5.32 Å². The van der Waals surface area contributed by atoms with Gasteiger partial charge in [-0.25, -0.2) is 0 Å². The Bertz CT molecular complexity index is 345. The summed E-state index contributed by atoms with van der Waals surface area (Å²) in [6.45, 7) is 8.80. The second kappa shape index (κ2) is 7.55. The van der Waals surface area contributed by atoms with Crippen molar-refractivity contribution >= 4 is 0 Å². The van der Waals surface area contributed by atoms with E-state index in [1.54, 1.807) is 0 Å². The second-order valence-corrected chi connectivity index (χ2v) is 5.92. The maximum atomic E-state index is 3.63. The molecule has 1 aromatic rings. The Kier molecular flexibility index (Phi) is 6.37. The molecular weight excluding hydrogens is 220 g/mol. The normalized spacial score (nSPS) is 13.3. The van der Waals surface area contributed by atoms with Gasteiger partial charge in [-0.05, 0) is 44.5 Å².